The molecular formula is C10H7N3. The fourth-order valence-corrected chi connectivity index (χ4v) is 1.56. The van der Waals surface area contributed by atoms with Crippen LogP contribution in [-0.2, 0) is 0 Å². The zero-order valence-corrected chi connectivity index (χ0v) is 6.88. The van der Waals surface area contributed by atoms with E-state index in [1.54, 1.807) is 12.4 Å². The molecule has 62 valence electrons. The highest BCUT2D eigenvalue weighted by atomic mass is 15.0. The van der Waals surface area contributed by atoms with Crippen molar-refractivity contribution in [3.8, 4) is 0 Å². The Bertz CT molecular complexity index is 518. The summed E-state index contributed by atoms with van der Waals surface area (Å²) < 4.78 is 2.03. The van der Waals surface area contributed by atoms with Crippen LogP contribution in [0.15, 0.2) is 43.0 Å². The van der Waals surface area contributed by atoms with Crippen LogP contribution in [0.2, 0.25) is 0 Å². The largest absolute Gasteiger partial charge is 0.298 e. The number of pyridine rings is 1. The summed E-state index contributed by atoms with van der Waals surface area (Å²) in [4.78, 5) is 8.36. The molecule has 3 aromatic rings. The summed E-state index contributed by atoms with van der Waals surface area (Å²) in [5.41, 5.74) is 2.07. The van der Waals surface area contributed by atoms with Crippen molar-refractivity contribution in [1.82, 2.24) is 14.4 Å². The summed E-state index contributed by atoms with van der Waals surface area (Å²) in [5.74, 6) is 0. The lowest BCUT2D eigenvalue weighted by molar-refractivity contribution is 1.14. The lowest BCUT2D eigenvalue weighted by atomic mass is 10.3. The maximum absolute atomic E-state index is 4.30. The SMILES string of the molecule is c1cnc2c(c1)cc1cnccn12. The average molecular weight is 169 g/mol. The quantitative estimate of drug-likeness (QED) is 0.514. The minimum absolute atomic E-state index is 0.986. The summed E-state index contributed by atoms with van der Waals surface area (Å²) in [6, 6.07) is 6.07. The summed E-state index contributed by atoms with van der Waals surface area (Å²) in [7, 11) is 0. The molecule has 0 saturated carbocycles. The molecule has 3 nitrogen and oxygen atoms in total. The molecule has 0 bridgehead atoms. The molecule has 3 heterocycles. The van der Waals surface area contributed by atoms with E-state index >= 15 is 0 Å². The Labute approximate surface area is 74.7 Å². The normalized spacial score (nSPS) is 11.1. The van der Waals surface area contributed by atoms with Gasteiger partial charge in [-0.25, -0.2) is 4.98 Å². The predicted octanol–water partition coefficient (Wildman–Crippen LogP) is 1.88. The van der Waals surface area contributed by atoms with Gasteiger partial charge in [-0.2, -0.15) is 0 Å². The maximum Gasteiger partial charge on any atom is 0.144 e. The van der Waals surface area contributed by atoms with Gasteiger partial charge in [-0.1, -0.05) is 0 Å². The molecule has 3 rings (SSSR count). The van der Waals surface area contributed by atoms with Crippen molar-refractivity contribution in [2.45, 2.75) is 0 Å². The Balaban J connectivity index is 2.64. The summed E-state index contributed by atoms with van der Waals surface area (Å²) in [6.07, 6.45) is 7.32. The van der Waals surface area contributed by atoms with Gasteiger partial charge in [-0.3, -0.25) is 9.38 Å². The van der Waals surface area contributed by atoms with Gasteiger partial charge in [0, 0.05) is 24.0 Å². The van der Waals surface area contributed by atoms with Crippen LogP contribution < -0.4 is 0 Å². The first-order valence-corrected chi connectivity index (χ1v) is 4.11. The molecule has 0 fully saturated rings. The van der Waals surface area contributed by atoms with Crippen LogP contribution in [-0.4, -0.2) is 14.4 Å². The molecule has 0 radical (unpaired) electrons. The van der Waals surface area contributed by atoms with Crippen molar-refractivity contribution in [1.29, 1.82) is 0 Å². The third kappa shape index (κ3) is 0.839. The van der Waals surface area contributed by atoms with Crippen LogP contribution in [0.3, 0.4) is 0 Å². The highest BCUT2D eigenvalue weighted by Crippen LogP contribution is 2.15. The first kappa shape index (κ1) is 6.60. The minimum Gasteiger partial charge on any atom is -0.298 e. The van der Waals surface area contributed by atoms with Gasteiger partial charge in [0.2, 0.25) is 0 Å². The smallest absolute Gasteiger partial charge is 0.144 e. The molecule has 0 atom stereocenters. The van der Waals surface area contributed by atoms with Gasteiger partial charge in [0.05, 0.1) is 11.7 Å². The molecule has 0 saturated heterocycles. The highest BCUT2D eigenvalue weighted by molar-refractivity contribution is 5.83. The van der Waals surface area contributed by atoms with Crippen molar-refractivity contribution in [3.63, 3.8) is 0 Å². The second kappa shape index (κ2) is 2.29. The van der Waals surface area contributed by atoms with Crippen molar-refractivity contribution < 1.29 is 0 Å². The van der Waals surface area contributed by atoms with Gasteiger partial charge in [-0.05, 0) is 18.2 Å². The number of fused-ring (bicyclic) bond motifs is 3. The van der Waals surface area contributed by atoms with Crippen molar-refractivity contribution in [2.75, 3.05) is 0 Å². The van der Waals surface area contributed by atoms with E-state index in [2.05, 4.69) is 22.1 Å². The maximum atomic E-state index is 4.30. The van der Waals surface area contributed by atoms with Crippen molar-refractivity contribution in [2.24, 2.45) is 0 Å². The Morgan fingerprint density at radius 2 is 2.23 bits per heavy atom. The summed E-state index contributed by atoms with van der Waals surface area (Å²) in [6.45, 7) is 0. The third-order valence-corrected chi connectivity index (χ3v) is 2.14. The molecule has 0 aliphatic carbocycles. The fraction of sp³-hybridized carbons (Fsp3) is 0. The van der Waals surface area contributed by atoms with Gasteiger partial charge in [0.15, 0.2) is 0 Å². The monoisotopic (exact) mass is 169 g/mol. The van der Waals surface area contributed by atoms with Crippen LogP contribution in [0, 0.1) is 0 Å². The van der Waals surface area contributed by atoms with Crippen molar-refractivity contribution >= 4 is 16.6 Å². The molecule has 0 aliphatic rings. The van der Waals surface area contributed by atoms with E-state index in [4.69, 9.17) is 0 Å². The first-order valence-electron chi connectivity index (χ1n) is 4.11. The van der Waals surface area contributed by atoms with Gasteiger partial charge >= 0.3 is 0 Å². The minimum atomic E-state index is 0.986. The van der Waals surface area contributed by atoms with E-state index < -0.39 is 0 Å². The molecule has 13 heavy (non-hydrogen) atoms. The first-order chi connectivity index (χ1) is 6.45. The molecule has 0 amide bonds. The standard InChI is InChI=1S/C10H7N3/c1-2-8-6-9-7-11-4-5-13(9)10(8)12-3-1/h1-7H. The average Bonchev–Trinajstić information content (AvgIpc) is 2.56. The second-order valence-corrected chi connectivity index (χ2v) is 2.93. The Morgan fingerprint density at radius 3 is 3.23 bits per heavy atom. The zero-order chi connectivity index (χ0) is 8.67. The van der Waals surface area contributed by atoms with E-state index in [-0.39, 0.29) is 0 Å². The molecule has 0 N–H and O–H groups in total. The van der Waals surface area contributed by atoms with Crippen molar-refractivity contribution in [3.05, 3.63) is 43.0 Å². The van der Waals surface area contributed by atoms with Crippen LogP contribution >= 0.6 is 0 Å². The van der Waals surface area contributed by atoms with E-state index in [9.17, 15) is 0 Å². The van der Waals surface area contributed by atoms with Crippen LogP contribution in [0.4, 0.5) is 0 Å². The van der Waals surface area contributed by atoms with Gasteiger partial charge in [-0.15, -0.1) is 0 Å². The third-order valence-electron chi connectivity index (χ3n) is 2.14. The Hall–Kier alpha value is -1.90. The molecule has 0 aromatic carbocycles. The Kier molecular flexibility index (Phi) is 1.16. The molecule has 3 aromatic heterocycles. The van der Waals surface area contributed by atoms with Gasteiger partial charge in [0.25, 0.3) is 0 Å². The van der Waals surface area contributed by atoms with E-state index in [1.807, 2.05) is 22.9 Å². The summed E-state index contributed by atoms with van der Waals surface area (Å²) >= 11 is 0. The summed E-state index contributed by atoms with van der Waals surface area (Å²) in [5, 5.41) is 1.15. The lowest BCUT2D eigenvalue weighted by Gasteiger charge is -1.92. The lowest BCUT2D eigenvalue weighted by Crippen LogP contribution is -1.85. The number of nitrogens with zero attached hydrogens (tertiary/aromatic N) is 3. The van der Waals surface area contributed by atoms with Crippen LogP contribution in [0.5, 0.6) is 0 Å². The number of hydrogen-bond donors (Lipinski definition) is 0. The van der Waals surface area contributed by atoms with E-state index in [1.165, 1.54) is 0 Å². The topological polar surface area (TPSA) is 30.2 Å². The molecular weight excluding hydrogens is 162 g/mol. The highest BCUT2D eigenvalue weighted by Gasteiger charge is 2.00. The van der Waals surface area contributed by atoms with E-state index in [0.29, 0.717) is 0 Å². The molecule has 0 spiro atoms. The predicted molar refractivity (Wildman–Crippen MR) is 50.5 cm³/mol. The van der Waals surface area contributed by atoms with Crippen LogP contribution in [0.25, 0.3) is 16.6 Å². The van der Waals surface area contributed by atoms with Gasteiger partial charge in [0.1, 0.15) is 5.65 Å². The number of hydrogen-bond acceptors (Lipinski definition) is 2. The van der Waals surface area contributed by atoms with E-state index in [0.717, 1.165) is 16.6 Å². The fourth-order valence-electron chi connectivity index (χ4n) is 1.56. The number of aromatic nitrogens is 3. The van der Waals surface area contributed by atoms with Crippen LogP contribution in [0.1, 0.15) is 0 Å². The zero-order valence-electron chi connectivity index (χ0n) is 6.88. The second-order valence-electron chi connectivity index (χ2n) is 2.93. The molecule has 0 aliphatic heterocycles. The van der Waals surface area contributed by atoms with Gasteiger partial charge < -0.3 is 0 Å². The number of rotatable bonds is 0. The molecule has 0 unspecified atom stereocenters. The molecule has 3 heteroatoms. The Morgan fingerprint density at radius 1 is 1.23 bits per heavy atom.